The first kappa shape index (κ1) is 29.8. The average Bonchev–Trinajstić information content (AvgIpc) is 3.27. The maximum Gasteiger partial charge on any atom is 0.138 e. The van der Waals surface area contributed by atoms with E-state index in [1.165, 1.54) is 117 Å². The highest BCUT2D eigenvalue weighted by Crippen LogP contribution is 2.62. The van der Waals surface area contributed by atoms with Gasteiger partial charge in [0.05, 0.1) is 11.7 Å². The summed E-state index contributed by atoms with van der Waals surface area (Å²) in [6.45, 7) is 32.8. The van der Waals surface area contributed by atoms with E-state index in [-0.39, 0.29) is 5.41 Å². The predicted octanol–water partition coefficient (Wildman–Crippen LogP) is 11.6. The molecule has 1 heterocycles. The Bertz CT molecular complexity index is 2000. The van der Waals surface area contributed by atoms with Crippen molar-refractivity contribution in [2.45, 2.75) is 108 Å². The van der Waals surface area contributed by atoms with Crippen LogP contribution in [0.1, 0.15) is 108 Å². The van der Waals surface area contributed by atoms with Crippen molar-refractivity contribution in [1.29, 1.82) is 0 Å². The van der Waals surface area contributed by atoms with Gasteiger partial charge in [0.25, 0.3) is 0 Å². The summed E-state index contributed by atoms with van der Waals surface area (Å²) in [7, 11) is 0. The molecule has 45 heavy (non-hydrogen) atoms. The van der Waals surface area contributed by atoms with E-state index in [4.69, 9.17) is 4.74 Å². The van der Waals surface area contributed by atoms with Gasteiger partial charge in [0.1, 0.15) is 5.75 Å². The molecule has 0 fully saturated rings. The zero-order valence-corrected chi connectivity index (χ0v) is 29.9. The molecular weight excluding hydrogens is 544 g/mol. The molecule has 0 radical (unpaired) electrons. The van der Waals surface area contributed by atoms with Gasteiger partial charge in [0, 0.05) is 16.5 Å². The molecule has 1 heteroatoms. The maximum absolute atomic E-state index is 6.64. The predicted molar refractivity (Wildman–Crippen MR) is 192 cm³/mol. The largest absolute Gasteiger partial charge is 0.464 e. The fraction of sp³-hybridized carbons (Fsp3) is 0.364. The summed E-state index contributed by atoms with van der Waals surface area (Å²) in [5.74, 6) is 1.01. The number of hydrogen-bond donors (Lipinski definition) is 0. The second-order valence-electron chi connectivity index (χ2n) is 14.9. The van der Waals surface area contributed by atoms with Crippen molar-refractivity contribution >= 4 is 6.08 Å². The van der Waals surface area contributed by atoms with Crippen LogP contribution in [-0.2, 0) is 10.8 Å². The van der Waals surface area contributed by atoms with Gasteiger partial charge in [0.15, 0.2) is 0 Å². The first-order valence-corrected chi connectivity index (χ1v) is 16.6. The van der Waals surface area contributed by atoms with Crippen molar-refractivity contribution in [2.75, 3.05) is 0 Å². The molecule has 7 rings (SSSR count). The van der Waals surface area contributed by atoms with Crippen molar-refractivity contribution in [3.8, 4) is 28.0 Å². The molecule has 0 saturated carbocycles. The van der Waals surface area contributed by atoms with Crippen LogP contribution in [0.15, 0.2) is 30.5 Å². The van der Waals surface area contributed by atoms with E-state index < -0.39 is 5.41 Å². The second kappa shape index (κ2) is 9.35. The quantitative estimate of drug-likeness (QED) is 0.197. The first-order valence-electron chi connectivity index (χ1n) is 16.6. The topological polar surface area (TPSA) is 9.23 Å². The molecule has 1 spiro atoms. The van der Waals surface area contributed by atoms with Crippen LogP contribution in [0, 0.1) is 83.1 Å². The van der Waals surface area contributed by atoms with Gasteiger partial charge < -0.3 is 4.74 Å². The maximum atomic E-state index is 6.64. The van der Waals surface area contributed by atoms with E-state index in [9.17, 15) is 0 Å². The number of allylic oxidation sites excluding steroid dienone is 2. The highest BCUT2D eigenvalue weighted by molar-refractivity contribution is 6.00. The summed E-state index contributed by atoms with van der Waals surface area (Å²) >= 11 is 0. The van der Waals surface area contributed by atoms with Gasteiger partial charge in [-0.3, -0.25) is 0 Å². The van der Waals surface area contributed by atoms with Crippen molar-refractivity contribution in [1.82, 2.24) is 0 Å². The molecular formula is C44H48O. The number of rotatable bonds is 0. The van der Waals surface area contributed by atoms with Gasteiger partial charge in [-0.2, -0.15) is 0 Å². The molecule has 3 aliphatic rings. The lowest BCUT2D eigenvalue weighted by Crippen LogP contribution is -2.34. The Labute approximate surface area is 271 Å². The molecule has 1 aliphatic heterocycles. The van der Waals surface area contributed by atoms with E-state index >= 15 is 0 Å². The molecule has 1 nitrogen and oxygen atoms in total. The van der Waals surface area contributed by atoms with Crippen molar-refractivity contribution in [2.24, 2.45) is 0 Å². The molecule has 0 amide bonds. The minimum absolute atomic E-state index is 0.0265. The Morgan fingerprint density at radius 1 is 0.444 bits per heavy atom. The van der Waals surface area contributed by atoms with Crippen LogP contribution >= 0.6 is 0 Å². The van der Waals surface area contributed by atoms with Gasteiger partial charge in [-0.25, -0.2) is 0 Å². The highest BCUT2D eigenvalue weighted by atomic mass is 16.5. The number of benzene rings is 4. The molecule has 0 aromatic heterocycles. The fourth-order valence-corrected chi connectivity index (χ4v) is 9.17. The summed E-state index contributed by atoms with van der Waals surface area (Å²) in [4.78, 5) is 0. The zero-order chi connectivity index (χ0) is 32.7. The van der Waals surface area contributed by atoms with Crippen molar-refractivity contribution in [3.05, 3.63) is 125 Å². The highest BCUT2D eigenvalue weighted by Gasteiger charge is 2.49. The summed E-state index contributed by atoms with van der Waals surface area (Å²) in [6, 6.07) is 4.78. The van der Waals surface area contributed by atoms with E-state index in [2.05, 4.69) is 127 Å². The standard InChI is InChI=1S/C44H48O/c1-21-22(2)28(8)37-36(27(21)7)38-29(9)23(3)25(5)31(11)40(38)44(41-32(12)26(6)24(4)30(10)39(37)41)19-20-45-42-33-17-18-43(13,14)34(33)15-16-35(42)44/h15-20H,1-14H3. The molecule has 0 bridgehead atoms. The van der Waals surface area contributed by atoms with Crippen LogP contribution in [0.5, 0.6) is 5.75 Å². The van der Waals surface area contributed by atoms with Crippen molar-refractivity contribution in [3.63, 3.8) is 0 Å². The molecule has 4 aromatic rings. The average molecular weight is 593 g/mol. The Balaban J connectivity index is 1.85. The Morgan fingerprint density at radius 2 is 0.844 bits per heavy atom. The van der Waals surface area contributed by atoms with Crippen LogP contribution in [0.3, 0.4) is 0 Å². The van der Waals surface area contributed by atoms with Crippen LogP contribution in [0.4, 0.5) is 0 Å². The van der Waals surface area contributed by atoms with E-state index in [1.807, 2.05) is 6.26 Å². The lowest BCUT2D eigenvalue weighted by molar-refractivity contribution is 0.441. The van der Waals surface area contributed by atoms with Crippen molar-refractivity contribution < 1.29 is 4.74 Å². The molecule has 0 N–H and O–H groups in total. The van der Waals surface area contributed by atoms with E-state index in [0.29, 0.717) is 0 Å². The molecule has 230 valence electrons. The SMILES string of the molecule is Cc1c(C)c(C)c2c(c1C)-c1c(C)c(C)c(C)c(C)c1C1(C=COc3c1ccc1c3C=CC1(C)C)c1c(C)c(C)c(C)c(C)c1-2. The lowest BCUT2D eigenvalue weighted by Gasteiger charge is -2.42. The fourth-order valence-electron chi connectivity index (χ4n) is 9.17. The third-order valence-corrected chi connectivity index (χ3v) is 12.8. The number of ether oxygens (including phenoxy) is 1. The van der Waals surface area contributed by atoms with Gasteiger partial charge in [0.2, 0.25) is 0 Å². The van der Waals surface area contributed by atoms with Gasteiger partial charge >= 0.3 is 0 Å². The molecule has 4 aromatic carbocycles. The Morgan fingerprint density at radius 3 is 1.31 bits per heavy atom. The summed E-state index contributed by atoms with van der Waals surface area (Å²) < 4.78 is 6.64. The monoisotopic (exact) mass is 592 g/mol. The molecule has 0 atom stereocenters. The molecule has 0 unspecified atom stereocenters. The van der Waals surface area contributed by atoms with Gasteiger partial charge in [-0.05, 0) is 195 Å². The lowest BCUT2D eigenvalue weighted by atomic mass is 9.61. The van der Waals surface area contributed by atoms with Crippen LogP contribution in [0.25, 0.3) is 28.3 Å². The van der Waals surface area contributed by atoms with Crippen LogP contribution < -0.4 is 4.74 Å². The van der Waals surface area contributed by atoms with Crippen LogP contribution in [0.2, 0.25) is 0 Å². The summed E-state index contributed by atoms with van der Waals surface area (Å²) in [5, 5.41) is 0. The normalized spacial score (nSPS) is 16.1. The van der Waals surface area contributed by atoms with Gasteiger partial charge in [-0.1, -0.05) is 38.1 Å². The van der Waals surface area contributed by atoms with Gasteiger partial charge in [-0.15, -0.1) is 0 Å². The van der Waals surface area contributed by atoms with E-state index in [0.717, 1.165) is 5.75 Å². The van der Waals surface area contributed by atoms with Crippen LogP contribution in [-0.4, -0.2) is 0 Å². The minimum Gasteiger partial charge on any atom is -0.464 e. The first-order chi connectivity index (χ1) is 21.1. The number of hydrogen-bond acceptors (Lipinski definition) is 1. The molecule has 0 saturated heterocycles. The molecule has 2 aliphatic carbocycles. The third kappa shape index (κ3) is 3.45. The second-order valence-corrected chi connectivity index (χ2v) is 14.9. The number of fused-ring (bicyclic) bond motifs is 11. The third-order valence-electron chi connectivity index (χ3n) is 12.8. The Kier molecular flexibility index (Phi) is 6.20. The smallest absolute Gasteiger partial charge is 0.138 e. The minimum atomic E-state index is -0.534. The summed E-state index contributed by atoms with van der Waals surface area (Å²) in [5.41, 5.74) is 28.4. The van der Waals surface area contributed by atoms with E-state index in [1.54, 1.807) is 0 Å². The Hall–Kier alpha value is -3.84. The zero-order valence-electron chi connectivity index (χ0n) is 29.9. The summed E-state index contributed by atoms with van der Waals surface area (Å²) in [6.07, 6.45) is 9.05.